The zero-order valence-electron chi connectivity index (χ0n) is 50.7. The van der Waals surface area contributed by atoms with Crippen LogP contribution in [0.2, 0.25) is 0 Å². The summed E-state index contributed by atoms with van der Waals surface area (Å²) in [6.07, 6.45) is 23.4. The van der Waals surface area contributed by atoms with Gasteiger partial charge in [0.1, 0.15) is 0 Å². The van der Waals surface area contributed by atoms with E-state index in [1.165, 1.54) is 197 Å². The first-order valence-corrected chi connectivity index (χ1v) is 30.0. The lowest BCUT2D eigenvalue weighted by Gasteiger charge is -2.45. The lowest BCUT2D eigenvalue weighted by molar-refractivity contribution is -0.929. The second kappa shape index (κ2) is 35.0. The van der Waals surface area contributed by atoms with Crippen LogP contribution >= 0.6 is 0 Å². The van der Waals surface area contributed by atoms with E-state index in [2.05, 4.69) is 190 Å². The zero-order valence-corrected chi connectivity index (χ0v) is 50.7. The summed E-state index contributed by atoms with van der Waals surface area (Å²) in [5.41, 5.74) is 6.85. The summed E-state index contributed by atoms with van der Waals surface area (Å²) >= 11 is 0. The lowest BCUT2D eigenvalue weighted by Crippen LogP contribution is -2.50. The van der Waals surface area contributed by atoms with Crippen molar-refractivity contribution in [3.63, 3.8) is 0 Å². The summed E-state index contributed by atoms with van der Waals surface area (Å²) in [4.78, 5) is 0. The quantitative estimate of drug-likeness (QED) is 0.0271. The minimum Gasteiger partial charge on any atom is -0.871 e. The van der Waals surface area contributed by atoms with E-state index < -0.39 is 12.7 Å². The van der Waals surface area contributed by atoms with E-state index in [0.29, 0.717) is 12.8 Å². The molecule has 0 aliphatic rings. The first-order valence-electron chi connectivity index (χ1n) is 30.0. The van der Waals surface area contributed by atoms with Crippen LogP contribution in [0.3, 0.4) is 0 Å². The summed E-state index contributed by atoms with van der Waals surface area (Å²) in [6.45, 7) is 50.6. The third-order valence-corrected chi connectivity index (χ3v) is 15.4. The monoisotopic (exact) mass is 997 g/mol. The summed E-state index contributed by atoms with van der Waals surface area (Å²) in [5, 5.41) is 22.5. The molecule has 0 fully saturated rings. The van der Waals surface area contributed by atoms with E-state index in [1.54, 1.807) is 0 Å². The predicted molar refractivity (Wildman–Crippen MR) is 315 cm³/mol. The maximum Gasteiger partial charge on any atom is 0.0786 e. The standard InChI is InChI=1S/C34H45BO3.2C16H36N/c1-31(2,3)25-17-10-13-20-28(25)34(23-16-24-38-35(36)37,29-21-14-11-18-26(29)32(4,5)6)30-22-15-12-19-27(30)33(7,8)9;2*1-5-9-13-17(14-10-6-2,15-11-7-3)16-12-8-4/h10-15,17-22H,16,23-24H2,1-9H3;2*5-16H2,1-4H3/q-2;2*+1. The molecule has 412 valence electrons. The van der Waals surface area contributed by atoms with Crippen LogP contribution in [0, 0.1) is 0 Å². The number of quaternary nitrogens is 2. The minimum absolute atomic E-state index is 0.0964. The molecule has 0 saturated carbocycles. The van der Waals surface area contributed by atoms with Crippen LogP contribution in [-0.4, -0.2) is 75.3 Å². The number of benzene rings is 3. The number of hydrogen-bond acceptors (Lipinski definition) is 3. The van der Waals surface area contributed by atoms with Crippen molar-refractivity contribution >= 4 is 7.32 Å². The van der Waals surface area contributed by atoms with Gasteiger partial charge in [0.05, 0.1) is 59.7 Å². The van der Waals surface area contributed by atoms with Gasteiger partial charge in [-0.05, 0) is 114 Å². The fraction of sp³-hybridized carbons (Fsp3) is 0.727. The average Bonchev–Trinajstić information content (AvgIpc) is 3.35. The topological polar surface area (TPSA) is 55.3 Å². The Bertz CT molecular complexity index is 1570. The Morgan fingerprint density at radius 3 is 0.736 bits per heavy atom. The number of rotatable bonds is 32. The van der Waals surface area contributed by atoms with Crippen LogP contribution in [0.15, 0.2) is 72.8 Å². The molecule has 0 bridgehead atoms. The van der Waals surface area contributed by atoms with Gasteiger partial charge in [-0.1, -0.05) is 242 Å². The Kier molecular flexibility index (Phi) is 32.8. The maximum atomic E-state index is 11.2. The van der Waals surface area contributed by atoms with Gasteiger partial charge < -0.3 is 23.7 Å². The van der Waals surface area contributed by atoms with Gasteiger partial charge >= 0.3 is 0 Å². The molecule has 0 saturated heterocycles. The van der Waals surface area contributed by atoms with Crippen LogP contribution in [0.5, 0.6) is 0 Å². The fourth-order valence-electron chi connectivity index (χ4n) is 11.2. The van der Waals surface area contributed by atoms with Gasteiger partial charge in [-0.15, -0.1) is 0 Å². The minimum atomic E-state index is -2.27. The number of nitrogens with zero attached hydrogens (tertiary/aromatic N) is 2. The second-order valence-electron chi connectivity index (χ2n) is 24.9. The van der Waals surface area contributed by atoms with Crippen molar-refractivity contribution < 1.29 is 23.7 Å². The molecule has 0 aliphatic carbocycles. The summed E-state index contributed by atoms with van der Waals surface area (Å²) in [7, 11) is -2.27. The highest BCUT2D eigenvalue weighted by Crippen LogP contribution is 2.51. The highest BCUT2D eigenvalue weighted by Gasteiger charge is 2.44. The van der Waals surface area contributed by atoms with Gasteiger partial charge in [0.2, 0.25) is 0 Å². The normalized spacial score (nSPS) is 12.5. The molecular weight excluding hydrogens is 880 g/mol. The predicted octanol–water partition coefficient (Wildman–Crippen LogP) is 16.4. The Hall–Kier alpha value is -2.48. The molecule has 6 heteroatoms. The fourth-order valence-corrected chi connectivity index (χ4v) is 11.2. The van der Waals surface area contributed by atoms with Crippen molar-refractivity contribution in [2.75, 3.05) is 59.0 Å². The van der Waals surface area contributed by atoms with Crippen molar-refractivity contribution in [3.8, 4) is 0 Å². The summed E-state index contributed by atoms with van der Waals surface area (Å²) in [5.74, 6) is 0. The van der Waals surface area contributed by atoms with E-state index in [4.69, 9.17) is 4.65 Å². The third kappa shape index (κ3) is 22.8. The SMILES string of the molecule is CC(C)(C)c1ccccc1C(CCCOB([O-])[O-])(c1ccccc1C(C)(C)C)c1ccccc1C(C)(C)C.CCCC[N+](CCCC)(CCCC)CCCC.CCCC[N+](CCCC)(CCCC)CCCC. The molecule has 0 heterocycles. The van der Waals surface area contributed by atoms with Gasteiger partial charge in [-0.25, -0.2) is 0 Å². The highest BCUT2D eigenvalue weighted by molar-refractivity contribution is 6.28. The van der Waals surface area contributed by atoms with Crippen LogP contribution in [0.1, 0.15) is 267 Å². The molecule has 0 atom stereocenters. The molecular formula is C66H117BN2O3. The Morgan fingerprint density at radius 1 is 0.347 bits per heavy atom. The molecule has 0 spiro atoms. The van der Waals surface area contributed by atoms with E-state index in [0.717, 1.165) is 0 Å². The molecule has 3 aromatic rings. The summed E-state index contributed by atoms with van der Waals surface area (Å²) < 4.78 is 7.87. The van der Waals surface area contributed by atoms with Crippen LogP contribution in [0.4, 0.5) is 0 Å². The Morgan fingerprint density at radius 2 is 0.556 bits per heavy atom. The molecule has 0 aromatic heterocycles. The van der Waals surface area contributed by atoms with Crippen molar-refractivity contribution in [2.24, 2.45) is 0 Å². The van der Waals surface area contributed by atoms with E-state index in [-0.39, 0.29) is 22.9 Å². The van der Waals surface area contributed by atoms with Gasteiger partial charge in [-0.2, -0.15) is 0 Å². The number of unbranched alkanes of at least 4 members (excludes halogenated alkanes) is 8. The van der Waals surface area contributed by atoms with E-state index in [9.17, 15) is 10.0 Å². The smallest absolute Gasteiger partial charge is 0.0786 e. The maximum absolute atomic E-state index is 11.2. The van der Waals surface area contributed by atoms with Gasteiger partial charge in [0.15, 0.2) is 0 Å². The molecule has 0 radical (unpaired) electrons. The third-order valence-electron chi connectivity index (χ3n) is 15.4. The molecule has 0 unspecified atom stereocenters. The lowest BCUT2D eigenvalue weighted by atomic mass is 9.58. The van der Waals surface area contributed by atoms with Crippen molar-refractivity contribution in [3.05, 3.63) is 106 Å². The largest absolute Gasteiger partial charge is 0.871 e. The Balaban J connectivity index is 0.000000633. The molecule has 0 N–H and O–H groups in total. The van der Waals surface area contributed by atoms with Crippen molar-refractivity contribution in [1.82, 2.24) is 0 Å². The first-order chi connectivity index (χ1) is 34.1. The average molecular weight is 997 g/mol. The Labute approximate surface area is 449 Å². The van der Waals surface area contributed by atoms with E-state index in [1.807, 2.05) is 0 Å². The molecule has 0 aliphatic heterocycles. The molecule has 3 rings (SSSR count). The van der Waals surface area contributed by atoms with Crippen molar-refractivity contribution in [2.45, 2.75) is 255 Å². The van der Waals surface area contributed by atoms with Crippen LogP contribution in [0.25, 0.3) is 0 Å². The first kappa shape index (κ1) is 67.5. The van der Waals surface area contributed by atoms with Gasteiger partial charge in [0, 0.05) is 12.0 Å². The van der Waals surface area contributed by atoms with Crippen LogP contribution < -0.4 is 10.0 Å². The molecule has 0 amide bonds. The van der Waals surface area contributed by atoms with Crippen molar-refractivity contribution in [1.29, 1.82) is 0 Å². The second-order valence-corrected chi connectivity index (χ2v) is 24.9. The van der Waals surface area contributed by atoms with Gasteiger partial charge in [0.25, 0.3) is 0 Å². The molecule has 3 aromatic carbocycles. The van der Waals surface area contributed by atoms with Crippen LogP contribution in [-0.2, 0) is 26.3 Å². The summed E-state index contributed by atoms with van der Waals surface area (Å²) in [6, 6.07) is 26.4. The van der Waals surface area contributed by atoms with E-state index >= 15 is 0 Å². The number of hydrogen-bond donors (Lipinski definition) is 0. The highest BCUT2D eigenvalue weighted by atomic mass is 16.6. The molecule has 5 nitrogen and oxygen atoms in total. The molecule has 72 heavy (non-hydrogen) atoms. The zero-order chi connectivity index (χ0) is 54.3. The van der Waals surface area contributed by atoms with Gasteiger partial charge in [-0.3, -0.25) is 0 Å².